The number of phenols is 1. The Morgan fingerprint density at radius 2 is 1.96 bits per heavy atom. The van der Waals surface area contributed by atoms with E-state index in [4.69, 9.17) is 9.47 Å². The third-order valence-corrected chi connectivity index (χ3v) is 3.75. The van der Waals surface area contributed by atoms with E-state index in [1.165, 1.54) is 12.3 Å². The van der Waals surface area contributed by atoms with Crippen LogP contribution in [0, 0.1) is 0 Å². The van der Waals surface area contributed by atoms with E-state index in [-0.39, 0.29) is 11.4 Å². The van der Waals surface area contributed by atoms with Crippen molar-refractivity contribution in [3.63, 3.8) is 0 Å². The first-order chi connectivity index (χ1) is 13.1. The van der Waals surface area contributed by atoms with Crippen LogP contribution >= 0.6 is 0 Å². The number of carbonyl (C=O) groups is 1. The van der Waals surface area contributed by atoms with Crippen LogP contribution in [0.2, 0.25) is 0 Å². The number of hydrogen-bond acceptors (Lipinski definition) is 6. The number of amides is 1. The number of aromatic amines is 1. The van der Waals surface area contributed by atoms with Gasteiger partial charge in [-0.15, -0.1) is 0 Å². The number of rotatable bonds is 6. The van der Waals surface area contributed by atoms with E-state index in [1.54, 1.807) is 50.6 Å². The Morgan fingerprint density at radius 1 is 1.15 bits per heavy atom. The highest BCUT2D eigenvalue weighted by Crippen LogP contribution is 2.31. The van der Waals surface area contributed by atoms with Gasteiger partial charge >= 0.3 is 0 Å². The summed E-state index contributed by atoms with van der Waals surface area (Å²) in [5.41, 5.74) is 4.67. The summed E-state index contributed by atoms with van der Waals surface area (Å²) in [7, 11) is 3.11. The molecule has 3 aromatic rings. The molecule has 8 nitrogen and oxygen atoms in total. The normalized spacial score (nSPS) is 10.7. The van der Waals surface area contributed by atoms with Crippen LogP contribution in [0.4, 0.5) is 0 Å². The van der Waals surface area contributed by atoms with Crippen molar-refractivity contribution in [1.29, 1.82) is 0 Å². The number of nitrogens with one attached hydrogen (secondary N) is 2. The molecule has 27 heavy (non-hydrogen) atoms. The van der Waals surface area contributed by atoms with Gasteiger partial charge < -0.3 is 14.6 Å². The number of ether oxygens (including phenoxy) is 2. The molecule has 0 aliphatic heterocycles. The van der Waals surface area contributed by atoms with Crippen molar-refractivity contribution >= 4 is 12.1 Å². The number of H-pyrrole nitrogens is 1. The smallest absolute Gasteiger partial charge is 0.289 e. The van der Waals surface area contributed by atoms with Gasteiger partial charge in [-0.1, -0.05) is 12.1 Å². The first-order valence-corrected chi connectivity index (χ1v) is 8.01. The molecule has 1 aromatic heterocycles. The van der Waals surface area contributed by atoms with Crippen molar-refractivity contribution in [2.24, 2.45) is 5.10 Å². The first kappa shape index (κ1) is 18.0. The van der Waals surface area contributed by atoms with Gasteiger partial charge in [0.05, 0.1) is 26.1 Å². The Morgan fingerprint density at radius 3 is 2.70 bits per heavy atom. The maximum absolute atomic E-state index is 12.2. The topological polar surface area (TPSA) is 109 Å². The molecule has 0 atom stereocenters. The van der Waals surface area contributed by atoms with Gasteiger partial charge in [-0.3, -0.25) is 9.89 Å². The Labute approximate surface area is 155 Å². The number of nitrogens with zero attached hydrogens (tertiary/aromatic N) is 2. The second kappa shape index (κ2) is 8.05. The molecular formula is C19H18N4O4. The van der Waals surface area contributed by atoms with Crippen molar-refractivity contribution < 1.29 is 19.4 Å². The molecule has 2 aromatic carbocycles. The van der Waals surface area contributed by atoms with Gasteiger partial charge in [0.1, 0.15) is 11.4 Å². The van der Waals surface area contributed by atoms with Crippen molar-refractivity contribution in [2.45, 2.75) is 0 Å². The highest BCUT2D eigenvalue weighted by molar-refractivity contribution is 5.94. The van der Waals surface area contributed by atoms with E-state index in [0.717, 1.165) is 5.56 Å². The molecule has 3 N–H and O–H groups in total. The molecule has 1 heterocycles. The number of benzene rings is 2. The summed E-state index contributed by atoms with van der Waals surface area (Å²) < 4.78 is 10.5. The fraction of sp³-hybridized carbons (Fsp3) is 0.105. The van der Waals surface area contributed by atoms with Crippen molar-refractivity contribution in [2.75, 3.05) is 14.2 Å². The summed E-state index contributed by atoms with van der Waals surface area (Å²) in [5.74, 6) is 0.861. The summed E-state index contributed by atoms with van der Waals surface area (Å²) >= 11 is 0. The highest BCUT2D eigenvalue weighted by atomic mass is 16.5. The van der Waals surface area contributed by atoms with Gasteiger partial charge in [0.25, 0.3) is 5.91 Å². The van der Waals surface area contributed by atoms with Crippen LogP contribution in [-0.4, -0.2) is 41.6 Å². The molecule has 0 saturated carbocycles. The average Bonchev–Trinajstić information content (AvgIpc) is 3.17. The van der Waals surface area contributed by atoms with E-state index in [0.29, 0.717) is 22.8 Å². The molecule has 0 aliphatic rings. The maximum Gasteiger partial charge on any atom is 0.289 e. The number of carbonyl (C=O) groups excluding carboxylic acids is 1. The fourth-order valence-electron chi connectivity index (χ4n) is 2.41. The fourth-order valence-corrected chi connectivity index (χ4v) is 2.41. The maximum atomic E-state index is 12.2. The minimum Gasteiger partial charge on any atom is -0.508 e. The molecule has 138 valence electrons. The van der Waals surface area contributed by atoms with Crippen LogP contribution in [0.25, 0.3) is 11.3 Å². The number of phenolic OH excluding ortho intramolecular Hbond substituents is 1. The van der Waals surface area contributed by atoms with Gasteiger partial charge in [0, 0.05) is 5.56 Å². The Bertz CT molecular complexity index is 981. The van der Waals surface area contributed by atoms with Gasteiger partial charge in [-0.05, 0) is 42.0 Å². The van der Waals surface area contributed by atoms with Gasteiger partial charge in [0.15, 0.2) is 11.5 Å². The zero-order valence-corrected chi connectivity index (χ0v) is 14.8. The van der Waals surface area contributed by atoms with Crippen molar-refractivity contribution in [1.82, 2.24) is 15.6 Å². The second-order valence-corrected chi connectivity index (χ2v) is 5.53. The van der Waals surface area contributed by atoms with Crippen LogP contribution in [0.3, 0.4) is 0 Å². The Balaban J connectivity index is 1.70. The number of aromatic hydroxyl groups is 1. The predicted octanol–water partition coefficient (Wildman–Crippen LogP) is 2.56. The summed E-state index contributed by atoms with van der Waals surface area (Å²) in [5, 5.41) is 20.1. The molecule has 0 aliphatic carbocycles. The zero-order valence-electron chi connectivity index (χ0n) is 14.8. The molecule has 0 saturated heterocycles. The molecule has 0 radical (unpaired) electrons. The summed E-state index contributed by atoms with van der Waals surface area (Å²) in [6.07, 6.45) is 1.43. The lowest BCUT2D eigenvalue weighted by Gasteiger charge is -2.08. The van der Waals surface area contributed by atoms with Gasteiger partial charge in [-0.2, -0.15) is 10.2 Å². The lowest BCUT2D eigenvalue weighted by molar-refractivity contribution is 0.0950. The van der Waals surface area contributed by atoms with E-state index >= 15 is 0 Å². The van der Waals surface area contributed by atoms with Gasteiger partial charge in [0.2, 0.25) is 0 Å². The minimum atomic E-state index is -0.439. The molecule has 0 unspecified atom stereocenters. The molecule has 0 bridgehead atoms. The standard InChI is InChI=1S/C19H18N4O4/c1-26-17-7-6-13(9-18(17)27-2)15-10-16(22-21-15)19(25)23-20-11-12-4-3-5-14(24)8-12/h3-11,24H,1-2H3,(H,21,22)(H,23,25)/b20-11+. The molecule has 0 fully saturated rings. The lowest BCUT2D eigenvalue weighted by atomic mass is 10.1. The first-order valence-electron chi connectivity index (χ1n) is 8.01. The van der Waals surface area contributed by atoms with Crippen molar-refractivity contribution in [3.8, 4) is 28.5 Å². The third-order valence-electron chi connectivity index (χ3n) is 3.75. The number of aromatic nitrogens is 2. The largest absolute Gasteiger partial charge is 0.508 e. The number of hydrazone groups is 1. The van der Waals surface area contributed by atoms with Crippen LogP contribution in [0.15, 0.2) is 53.6 Å². The van der Waals surface area contributed by atoms with Crippen LogP contribution < -0.4 is 14.9 Å². The Hall–Kier alpha value is -3.81. The minimum absolute atomic E-state index is 0.124. The SMILES string of the molecule is COc1ccc(-c2cc(C(=O)N/N=C/c3cccc(O)c3)[nH]n2)cc1OC. The quantitative estimate of drug-likeness (QED) is 0.459. The second-order valence-electron chi connectivity index (χ2n) is 5.53. The zero-order chi connectivity index (χ0) is 19.2. The molecule has 3 rings (SSSR count). The monoisotopic (exact) mass is 366 g/mol. The molecule has 0 spiro atoms. The van der Waals surface area contributed by atoms with E-state index in [1.807, 2.05) is 6.07 Å². The van der Waals surface area contributed by atoms with Crippen molar-refractivity contribution in [3.05, 3.63) is 59.8 Å². The van der Waals surface area contributed by atoms with E-state index in [2.05, 4.69) is 20.7 Å². The number of methoxy groups -OCH3 is 2. The van der Waals surface area contributed by atoms with Crippen LogP contribution in [0.5, 0.6) is 17.2 Å². The highest BCUT2D eigenvalue weighted by Gasteiger charge is 2.12. The van der Waals surface area contributed by atoms with Gasteiger partial charge in [-0.25, -0.2) is 5.43 Å². The predicted molar refractivity (Wildman–Crippen MR) is 100 cm³/mol. The van der Waals surface area contributed by atoms with E-state index < -0.39 is 5.91 Å². The number of hydrogen-bond donors (Lipinski definition) is 3. The van der Waals surface area contributed by atoms with Crippen LogP contribution in [-0.2, 0) is 0 Å². The molecular weight excluding hydrogens is 348 g/mol. The average molecular weight is 366 g/mol. The van der Waals surface area contributed by atoms with E-state index in [9.17, 15) is 9.90 Å². The summed E-state index contributed by atoms with van der Waals surface area (Å²) in [6.45, 7) is 0. The third kappa shape index (κ3) is 4.24. The van der Waals surface area contributed by atoms with Crippen LogP contribution in [0.1, 0.15) is 16.1 Å². The Kier molecular flexibility index (Phi) is 5.36. The summed E-state index contributed by atoms with van der Waals surface area (Å²) in [6, 6.07) is 13.5. The molecule has 1 amide bonds. The summed E-state index contributed by atoms with van der Waals surface area (Å²) in [4.78, 5) is 12.2. The molecule has 8 heteroatoms. The lowest BCUT2D eigenvalue weighted by Crippen LogP contribution is -2.17.